The smallest absolute Gasteiger partial charge is 0.480 e. The maximum atomic E-state index is 10.9. The molecule has 0 bridgehead atoms. The molecular formula is C10H13BN2O6. The van der Waals surface area contributed by atoms with Crippen LogP contribution < -0.4 is 11.2 Å². The number of nitrogens with zero attached hydrogens (tertiary/aromatic N) is 1. The maximum Gasteiger partial charge on any atom is 0.488 e. The molecule has 5 N–H and O–H groups in total. The fourth-order valence-corrected chi connectivity index (χ4v) is 1.53. The SMILES string of the molecule is C[C@](N)(Cc1ccc(B(O)O)cc1[N+](=O)[O-])C(=O)O. The molecule has 0 unspecified atom stereocenters. The molecule has 19 heavy (non-hydrogen) atoms. The van der Waals surface area contributed by atoms with Gasteiger partial charge in [-0.2, -0.15) is 0 Å². The number of hydrogen-bond donors (Lipinski definition) is 4. The van der Waals surface area contributed by atoms with E-state index in [2.05, 4.69) is 0 Å². The van der Waals surface area contributed by atoms with Crippen LogP contribution in [0, 0.1) is 10.1 Å². The van der Waals surface area contributed by atoms with Crippen molar-refractivity contribution in [3.63, 3.8) is 0 Å². The number of carboxylic acid groups (broad SMARTS) is 1. The van der Waals surface area contributed by atoms with Gasteiger partial charge in [-0.3, -0.25) is 14.9 Å². The van der Waals surface area contributed by atoms with Gasteiger partial charge in [0, 0.05) is 18.1 Å². The van der Waals surface area contributed by atoms with Crippen LogP contribution in [0.15, 0.2) is 18.2 Å². The molecule has 0 saturated heterocycles. The lowest BCUT2D eigenvalue weighted by Gasteiger charge is -2.19. The zero-order valence-corrected chi connectivity index (χ0v) is 10.1. The van der Waals surface area contributed by atoms with E-state index in [1.807, 2.05) is 0 Å². The van der Waals surface area contributed by atoms with Crippen LogP contribution in [0.25, 0.3) is 0 Å². The van der Waals surface area contributed by atoms with Gasteiger partial charge in [0.15, 0.2) is 0 Å². The van der Waals surface area contributed by atoms with Gasteiger partial charge in [-0.25, -0.2) is 0 Å². The number of benzene rings is 1. The minimum absolute atomic E-state index is 0.0514. The van der Waals surface area contributed by atoms with Crippen LogP contribution in [-0.2, 0) is 11.2 Å². The molecule has 0 fully saturated rings. The van der Waals surface area contributed by atoms with Gasteiger partial charge >= 0.3 is 13.1 Å². The van der Waals surface area contributed by atoms with Crippen molar-refractivity contribution in [3.8, 4) is 0 Å². The van der Waals surface area contributed by atoms with Gasteiger partial charge < -0.3 is 20.9 Å². The minimum atomic E-state index is -1.84. The summed E-state index contributed by atoms with van der Waals surface area (Å²) in [5.74, 6) is -1.28. The Balaban J connectivity index is 3.21. The van der Waals surface area contributed by atoms with Crippen molar-refractivity contribution in [1.82, 2.24) is 0 Å². The van der Waals surface area contributed by atoms with Crippen molar-refractivity contribution in [2.45, 2.75) is 18.9 Å². The van der Waals surface area contributed by atoms with Gasteiger partial charge in [0.1, 0.15) is 5.54 Å². The largest absolute Gasteiger partial charge is 0.488 e. The topological polar surface area (TPSA) is 147 Å². The zero-order valence-electron chi connectivity index (χ0n) is 10.1. The molecule has 9 heteroatoms. The van der Waals surface area contributed by atoms with E-state index in [9.17, 15) is 14.9 Å². The summed E-state index contributed by atoms with van der Waals surface area (Å²) in [5.41, 5.74) is 3.55. The molecule has 102 valence electrons. The van der Waals surface area contributed by atoms with Crippen molar-refractivity contribution < 1.29 is 24.9 Å². The Morgan fingerprint density at radius 2 is 2.11 bits per heavy atom. The molecule has 0 spiro atoms. The van der Waals surface area contributed by atoms with Crippen molar-refractivity contribution in [2.75, 3.05) is 0 Å². The normalized spacial score (nSPS) is 13.7. The number of hydrogen-bond acceptors (Lipinski definition) is 6. The Morgan fingerprint density at radius 1 is 1.53 bits per heavy atom. The standard InChI is InChI=1S/C10H13BN2O6/c1-10(12,9(14)15)5-6-2-3-7(11(16)17)4-8(6)13(18)19/h2-4,16-17H,5,12H2,1H3,(H,14,15)/t10-/m0/s1. The molecule has 0 amide bonds. The van der Waals surface area contributed by atoms with Crippen LogP contribution >= 0.6 is 0 Å². The molecule has 1 rings (SSSR count). The summed E-state index contributed by atoms with van der Waals surface area (Å²) in [6, 6.07) is 3.52. The monoisotopic (exact) mass is 268 g/mol. The van der Waals surface area contributed by atoms with Crippen molar-refractivity contribution in [1.29, 1.82) is 0 Å². The van der Waals surface area contributed by atoms with E-state index in [0.29, 0.717) is 0 Å². The molecular weight excluding hydrogens is 255 g/mol. The van der Waals surface area contributed by atoms with Crippen LogP contribution in [0.3, 0.4) is 0 Å². The van der Waals surface area contributed by atoms with Gasteiger partial charge in [0.2, 0.25) is 0 Å². The first-order valence-electron chi connectivity index (χ1n) is 5.31. The third-order valence-electron chi connectivity index (χ3n) is 2.65. The number of carbonyl (C=O) groups is 1. The lowest BCUT2D eigenvalue weighted by molar-refractivity contribution is -0.385. The highest BCUT2D eigenvalue weighted by Gasteiger charge is 2.31. The summed E-state index contributed by atoms with van der Waals surface area (Å²) in [4.78, 5) is 21.1. The van der Waals surface area contributed by atoms with Crippen molar-refractivity contribution in [3.05, 3.63) is 33.9 Å². The van der Waals surface area contributed by atoms with E-state index in [1.165, 1.54) is 19.1 Å². The summed E-state index contributed by atoms with van der Waals surface area (Å²) in [6.07, 6.45) is -0.250. The van der Waals surface area contributed by atoms with E-state index < -0.39 is 29.2 Å². The van der Waals surface area contributed by atoms with Crippen LogP contribution in [-0.4, -0.2) is 38.7 Å². The Hall–Kier alpha value is -1.97. The lowest BCUT2D eigenvalue weighted by Crippen LogP contribution is -2.47. The molecule has 1 aromatic carbocycles. The average molecular weight is 268 g/mol. The molecule has 0 aromatic heterocycles. The molecule has 0 aliphatic carbocycles. The lowest BCUT2D eigenvalue weighted by atomic mass is 9.79. The van der Waals surface area contributed by atoms with E-state index >= 15 is 0 Å². The highest BCUT2D eigenvalue weighted by molar-refractivity contribution is 6.58. The van der Waals surface area contributed by atoms with Gasteiger partial charge in [0.05, 0.1) is 4.92 Å². The van der Waals surface area contributed by atoms with Crippen molar-refractivity contribution in [2.24, 2.45) is 5.73 Å². The van der Waals surface area contributed by atoms with Gasteiger partial charge in [0.25, 0.3) is 5.69 Å². The molecule has 0 aliphatic heterocycles. The van der Waals surface area contributed by atoms with Gasteiger partial charge in [-0.15, -0.1) is 0 Å². The molecule has 1 aromatic rings. The van der Waals surface area contributed by atoms with Crippen molar-refractivity contribution >= 4 is 24.2 Å². The van der Waals surface area contributed by atoms with E-state index in [1.54, 1.807) is 0 Å². The summed E-state index contributed by atoms with van der Waals surface area (Å²) in [5, 5.41) is 37.7. The Kier molecular flexibility index (Phi) is 4.25. The van der Waals surface area contributed by atoms with E-state index in [-0.39, 0.29) is 17.4 Å². The summed E-state index contributed by atoms with van der Waals surface area (Å²) < 4.78 is 0. The van der Waals surface area contributed by atoms with E-state index in [0.717, 1.165) is 6.07 Å². The van der Waals surface area contributed by atoms with Crippen LogP contribution in [0.2, 0.25) is 0 Å². The second kappa shape index (κ2) is 5.35. The minimum Gasteiger partial charge on any atom is -0.480 e. The second-order valence-electron chi connectivity index (χ2n) is 4.42. The predicted molar refractivity (Wildman–Crippen MR) is 66.9 cm³/mol. The number of aliphatic carboxylic acids is 1. The first-order chi connectivity index (χ1) is 8.65. The predicted octanol–water partition coefficient (Wildman–Crippen LogP) is -1.38. The first-order valence-corrected chi connectivity index (χ1v) is 5.31. The molecule has 1 atom stereocenters. The summed E-state index contributed by atoms with van der Waals surface area (Å²) >= 11 is 0. The fraction of sp³-hybridized carbons (Fsp3) is 0.300. The van der Waals surface area contributed by atoms with Crippen LogP contribution in [0.1, 0.15) is 12.5 Å². The Labute approximate surface area is 108 Å². The molecule has 0 heterocycles. The number of carboxylic acids is 1. The third kappa shape index (κ3) is 3.50. The number of rotatable bonds is 5. The molecule has 0 radical (unpaired) electrons. The Morgan fingerprint density at radius 3 is 2.53 bits per heavy atom. The quantitative estimate of drug-likeness (QED) is 0.292. The third-order valence-corrected chi connectivity index (χ3v) is 2.65. The summed E-state index contributed by atoms with van der Waals surface area (Å²) in [6.45, 7) is 1.24. The highest BCUT2D eigenvalue weighted by Crippen LogP contribution is 2.21. The number of nitro groups is 1. The zero-order chi connectivity index (χ0) is 14.8. The Bertz CT molecular complexity index is 517. The number of nitro benzene ring substituents is 1. The van der Waals surface area contributed by atoms with Crippen LogP contribution in [0.5, 0.6) is 0 Å². The maximum absolute atomic E-state index is 10.9. The summed E-state index contributed by atoms with van der Waals surface area (Å²) in [7, 11) is -1.84. The van der Waals surface area contributed by atoms with E-state index in [4.69, 9.17) is 20.9 Å². The second-order valence-corrected chi connectivity index (χ2v) is 4.42. The molecule has 8 nitrogen and oxygen atoms in total. The number of nitrogens with two attached hydrogens (primary N) is 1. The average Bonchev–Trinajstić information content (AvgIpc) is 2.28. The fourth-order valence-electron chi connectivity index (χ4n) is 1.53. The van der Waals surface area contributed by atoms with Gasteiger partial charge in [-0.1, -0.05) is 12.1 Å². The molecule has 0 saturated carbocycles. The molecule has 0 aliphatic rings. The van der Waals surface area contributed by atoms with Crippen LogP contribution in [0.4, 0.5) is 5.69 Å². The first kappa shape index (κ1) is 15.1. The highest BCUT2D eigenvalue weighted by atomic mass is 16.6. The van der Waals surface area contributed by atoms with Gasteiger partial charge in [-0.05, 0) is 12.4 Å².